The number of carbonyl (C=O) groups is 1. The number of hydrogen-bond acceptors (Lipinski definition) is 7. The third kappa shape index (κ3) is 4.83. The fourth-order valence-corrected chi connectivity index (χ4v) is 6.48. The molecule has 0 spiro atoms. The zero-order valence-corrected chi connectivity index (χ0v) is 22.2. The summed E-state index contributed by atoms with van der Waals surface area (Å²) >= 11 is 1.62. The summed E-state index contributed by atoms with van der Waals surface area (Å²) in [5, 5.41) is 14.6. The molecule has 186 valence electrons. The maximum Gasteiger partial charge on any atom is 0.247 e. The van der Waals surface area contributed by atoms with Crippen molar-refractivity contribution in [3.63, 3.8) is 0 Å². The zero-order valence-electron chi connectivity index (χ0n) is 21.4. The van der Waals surface area contributed by atoms with E-state index in [0.29, 0.717) is 18.8 Å². The van der Waals surface area contributed by atoms with Crippen LogP contribution in [0, 0.1) is 0 Å². The highest BCUT2D eigenvalue weighted by molar-refractivity contribution is 7.19. The molecular weight excluding hydrogens is 458 g/mol. The number of amides is 1. The Hall–Kier alpha value is -2.81. The molecule has 2 aromatic heterocycles. The van der Waals surface area contributed by atoms with Crippen molar-refractivity contribution in [2.75, 3.05) is 32.6 Å². The molecular formula is C27H35N5O2S. The van der Waals surface area contributed by atoms with Crippen molar-refractivity contribution < 1.29 is 9.90 Å². The molecule has 1 unspecified atom stereocenters. The Balaban J connectivity index is 1.77. The van der Waals surface area contributed by atoms with Crippen LogP contribution in [-0.2, 0) is 16.8 Å². The summed E-state index contributed by atoms with van der Waals surface area (Å²) in [6.07, 6.45) is 5.87. The Bertz CT molecular complexity index is 1230. The first-order valence-electron chi connectivity index (χ1n) is 11.9. The molecule has 1 aliphatic rings. The normalized spacial score (nSPS) is 17.7. The number of aromatic nitrogens is 2. The maximum absolute atomic E-state index is 13.4. The Kier molecular flexibility index (Phi) is 6.99. The van der Waals surface area contributed by atoms with Crippen LogP contribution in [0.1, 0.15) is 49.7 Å². The molecule has 1 aromatic carbocycles. The molecule has 1 amide bonds. The van der Waals surface area contributed by atoms with Crippen molar-refractivity contribution in [3.05, 3.63) is 64.8 Å². The summed E-state index contributed by atoms with van der Waals surface area (Å²) in [7, 11) is 3.97. The van der Waals surface area contributed by atoms with Crippen LogP contribution in [-0.4, -0.2) is 63.6 Å². The second-order valence-electron chi connectivity index (χ2n) is 10.5. The van der Waals surface area contributed by atoms with Crippen molar-refractivity contribution in [1.29, 1.82) is 0 Å². The number of anilines is 1. The molecule has 0 bridgehead atoms. The van der Waals surface area contributed by atoms with Gasteiger partial charge in [0.1, 0.15) is 17.0 Å². The molecule has 0 aliphatic carbocycles. The van der Waals surface area contributed by atoms with Gasteiger partial charge in [0.25, 0.3) is 0 Å². The van der Waals surface area contributed by atoms with Crippen molar-refractivity contribution in [2.24, 2.45) is 0 Å². The minimum Gasteiger partial charge on any atom is -0.394 e. The quantitative estimate of drug-likeness (QED) is 0.476. The SMILES string of the molecule is CN(C)CC=CC(=O)N1C(C)(C)Cc2c(sc3ncnc(NC(CO)c4ccccc4)c23)C1(C)C. The number of thiophene rings is 1. The van der Waals surface area contributed by atoms with Crippen LogP contribution in [0.5, 0.6) is 0 Å². The summed E-state index contributed by atoms with van der Waals surface area (Å²) in [5.41, 5.74) is 1.24. The van der Waals surface area contributed by atoms with Gasteiger partial charge in [0.15, 0.2) is 0 Å². The smallest absolute Gasteiger partial charge is 0.247 e. The molecule has 2 N–H and O–H groups in total. The first-order chi connectivity index (χ1) is 16.6. The van der Waals surface area contributed by atoms with Crippen molar-refractivity contribution in [3.8, 4) is 0 Å². The highest BCUT2D eigenvalue weighted by Gasteiger charge is 2.48. The molecule has 0 radical (unpaired) electrons. The first kappa shape index (κ1) is 25.3. The molecule has 8 heteroatoms. The number of benzene rings is 1. The lowest BCUT2D eigenvalue weighted by Crippen LogP contribution is -2.60. The van der Waals surface area contributed by atoms with Gasteiger partial charge in [0, 0.05) is 23.0 Å². The van der Waals surface area contributed by atoms with Gasteiger partial charge in [0.2, 0.25) is 5.91 Å². The van der Waals surface area contributed by atoms with Gasteiger partial charge in [-0.25, -0.2) is 9.97 Å². The van der Waals surface area contributed by atoms with Gasteiger partial charge in [-0.1, -0.05) is 36.4 Å². The highest BCUT2D eigenvalue weighted by Crippen LogP contribution is 2.50. The lowest BCUT2D eigenvalue weighted by Gasteiger charge is -2.52. The Morgan fingerprint density at radius 1 is 1.23 bits per heavy atom. The van der Waals surface area contributed by atoms with E-state index in [1.54, 1.807) is 23.7 Å². The molecule has 0 fully saturated rings. The number of aliphatic hydroxyl groups excluding tert-OH is 1. The molecule has 1 atom stereocenters. The number of carbonyl (C=O) groups excluding carboxylic acids is 1. The largest absolute Gasteiger partial charge is 0.394 e. The van der Waals surface area contributed by atoms with E-state index in [1.807, 2.05) is 60.3 Å². The van der Waals surface area contributed by atoms with Crippen LogP contribution in [0.3, 0.4) is 0 Å². The van der Waals surface area contributed by atoms with Gasteiger partial charge in [-0.2, -0.15) is 0 Å². The van der Waals surface area contributed by atoms with Gasteiger partial charge in [0.05, 0.1) is 23.6 Å². The van der Waals surface area contributed by atoms with Crippen LogP contribution in [0.25, 0.3) is 10.2 Å². The summed E-state index contributed by atoms with van der Waals surface area (Å²) in [4.78, 5) is 28.6. The standard InChI is InChI=1S/C27H35N5O2S/c1-26(2)15-19-22-24(30-20(16-33)18-11-8-7-9-12-18)28-17-29-25(22)35-23(19)27(3,4)32(26)21(34)13-10-14-31(5)6/h7-13,17,20,33H,14-16H2,1-6H3,(H,28,29,30). The van der Waals surface area contributed by atoms with E-state index in [2.05, 4.69) is 43.0 Å². The molecule has 4 rings (SSSR count). The van der Waals surface area contributed by atoms with E-state index in [0.717, 1.165) is 20.7 Å². The lowest BCUT2D eigenvalue weighted by atomic mass is 9.79. The minimum absolute atomic E-state index is 0.0128. The summed E-state index contributed by atoms with van der Waals surface area (Å²) in [6.45, 7) is 9.13. The molecule has 0 saturated carbocycles. The Morgan fingerprint density at radius 2 is 1.94 bits per heavy atom. The molecule has 3 heterocycles. The number of rotatable bonds is 7. The number of aliphatic hydroxyl groups is 1. The van der Waals surface area contributed by atoms with E-state index in [4.69, 9.17) is 0 Å². The van der Waals surface area contributed by atoms with Gasteiger partial charge in [-0.3, -0.25) is 4.79 Å². The van der Waals surface area contributed by atoms with Crippen LogP contribution < -0.4 is 5.32 Å². The topological polar surface area (TPSA) is 81.6 Å². The second kappa shape index (κ2) is 9.68. The summed E-state index contributed by atoms with van der Waals surface area (Å²) in [6, 6.07) is 9.60. The fraction of sp³-hybridized carbons (Fsp3) is 0.444. The monoisotopic (exact) mass is 493 g/mol. The lowest BCUT2D eigenvalue weighted by molar-refractivity contribution is -0.140. The van der Waals surface area contributed by atoms with Crippen LogP contribution in [0.4, 0.5) is 5.82 Å². The summed E-state index contributed by atoms with van der Waals surface area (Å²) < 4.78 is 0. The number of fused-ring (bicyclic) bond motifs is 3. The summed E-state index contributed by atoms with van der Waals surface area (Å²) in [5.74, 6) is 0.728. The fourth-order valence-electron chi connectivity index (χ4n) is 5.23. The highest BCUT2D eigenvalue weighted by atomic mass is 32.1. The third-order valence-corrected chi connectivity index (χ3v) is 8.02. The van der Waals surface area contributed by atoms with Crippen molar-refractivity contribution in [2.45, 2.75) is 51.2 Å². The van der Waals surface area contributed by atoms with E-state index < -0.39 is 11.1 Å². The minimum atomic E-state index is -0.519. The zero-order chi connectivity index (χ0) is 25.4. The first-order valence-corrected chi connectivity index (χ1v) is 12.7. The maximum atomic E-state index is 13.4. The van der Waals surface area contributed by atoms with Gasteiger partial charge >= 0.3 is 0 Å². The van der Waals surface area contributed by atoms with Crippen LogP contribution in [0.2, 0.25) is 0 Å². The Labute approximate surface area is 211 Å². The van der Waals surface area contributed by atoms with Crippen LogP contribution in [0.15, 0.2) is 48.8 Å². The third-order valence-electron chi connectivity index (χ3n) is 6.56. The predicted molar refractivity (Wildman–Crippen MR) is 143 cm³/mol. The van der Waals surface area contributed by atoms with Crippen molar-refractivity contribution in [1.82, 2.24) is 19.8 Å². The molecule has 0 saturated heterocycles. The molecule has 3 aromatic rings. The Morgan fingerprint density at radius 3 is 2.60 bits per heavy atom. The second-order valence-corrected chi connectivity index (χ2v) is 11.5. The van der Waals surface area contributed by atoms with Crippen molar-refractivity contribution >= 4 is 33.3 Å². The molecule has 1 aliphatic heterocycles. The van der Waals surface area contributed by atoms with E-state index in [1.165, 1.54) is 5.56 Å². The van der Waals surface area contributed by atoms with E-state index in [9.17, 15) is 9.90 Å². The van der Waals surface area contributed by atoms with Gasteiger partial charge in [-0.05, 0) is 59.3 Å². The molecule has 35 heavy (non-hydrogen) atoms. The number of nitrogens with zero attached hydrogens (tertiary/aromatic N) is 4. The average Bonchev–Trinajstić information content (AvgIpc) is 3.16. The predicted octanol–water partition coefficient (Wildman–Crippen LogP) is 4.35. The van der Waals surface area contributed by atoms with Gasteiger partial charge in [-0.15, -0.1) is 11.3 Å². The van der Waals surface area contributed by atoms with Gasteiger partial charge < -0.3 is 20.2 Å². The van der Waals surface area contributed by atoms with Crippen LogP contribution >= 0.6 is 11.3 Å². The molecule has 7 nitrogen and oxygen atoms in total. The number of likely N-dealkylation sites (N-methyl/N-ethyl adjacent to an activating group) is 1. The van der Waals surface area contributed by atoms with E-state index >= 15 is 0 Å². The number of nitrogens with one attached hydrogen (secondary N) is 1. The van der Waals surface area contributed by atoms with E-state index in [-0.39, 0.29) is 18.6 Å². The number of hydrogen-bond donors (Lipinski definition) is 2. The average molecular weight is 494 g/mol.